The molecule has 1 aromatic carbocycles. The summed E-state index contributed by atoms with van der Waals surface area (Å²) in [7, 11) is 3.96. The van der Waals surface area contributed by atoms with Crippen LogP contribution in [-0.2, 0) is 4.79 Å². The van der Waals surface area contributed by atoms with Crippen molar-refractivity contribution in [2.75, 3.05) is 20.6 Å². The van der Waals surface area contributed by atoms with E-state index in [1.807, 2.05) is 30.1 Å². The summed E-state index contributed by atoms with van der Waals surface area (Å²) in [4.78, 5) is 16.4. The van der Waals surface area contributed by atoms with Gasteiger partial charge in [0.2, 0.25) is 5.91 Å². The normalized spacial score (nSPS) is 17.9. The van der Waals surface area contributed by atoms with Gasteiger partial charge in [-0.15, -0.1) is 0 Å². The Morgan fingerprint density at radius 3 is 2.35 bits per heavy atom. The van der Waals surface area contributed by atoms with E-state index in [-0.39, 0.29) is 11.9 Å². The molecular weight excluding hydrogens is 248 g/mol. The van der Waals surface area contributed by atoms with Crippen molar-refractivity contribution in [2.24, 2.45) is 5.92 Å². The maximum Gasteiger partial charge on any atom is 0.236 e. The van der Waals surface area contributed by atoms with Crippen molar-refractivity contribution < 1.29 is 4.79 Å². The van der Waals surface area contributed by atoms with Crippen molar-refractivity contribution in [1.82, 2.24) is 9.80 Å². The SMILES string of the molecule is CC(C1CC1)N(C)CC(=O)N(C)C(C)c1ccccc1. The summed E-state index contributed by atoms with van der Waals surface area (Å²) >= 11 is 0. The Labute approximate surface area is 122 Å². The van der Waals surface area contributed by atoms with Crippen molar-refractivity contribution in [3.63, 3.8) is 0 Å². The van der Waals surface area contributed by atoms with E-state index in [0.29, 0.717) is 12.6 Å². The van der Waals surface area contributed by atoms with Crippen LogP contribution in [0, 0.1) is 5.92 Å². The minimum atomic E-state index is 0.119. The van der Waals surface area contributed by atoms with Gasteiger partial charge in [0.15, 0.2) is 0 Å². The molecule has 0 radical (unpaired) electrons. The maximum atomic E-state index is 12.4. The monoisotopic (exact) mass is 274 g/mol. The van der Waals surface area contributed by atoms with E-state index in [9.17, 15) is 4.79 Å². The Kier molecular flexibility index (Phi) is 4.81. The van der Waals surface area contributed by atoms with E-state index in [4.69, 9.17) is 0 Å². The number of amides is 1. The first-order chi connectivity index (χ1) is 9.50. The second kappa shape index (κ2) is 6.40. The minimum Gasteiger partial charge on any atom is -0.338 e. The Morgan fingerprint density at radius 1 is 1.20 bits per heavy atom. The number of nitrogens with zero attached hydrogens (tertiary/aromatic N) is 2. The standard InChI is InChI=1S/C17H26N2O/c1-13(16-10-11-16)18(3)12-17(20)19(4)14(2)15-8-6-5-7-9-15/h5-9,13-14,16H,10-12H2,1-4H3. The largest absolute Gasteiger partial charge is 0.338 e. The first-order valence-corrected chi connectivity index (χ1v) is 7.51. The summed E-state index contributed by atoms with van der Waals surface area (Å²) < 4.78 is 0. The van der Waals surface area contributed by atoms with Gasteiger partial charge in [0.1, 0.15) is 0 Å². The van der Waals surface area contributed by atoms with E-state index in [1.165, 1.54) is 18.4 Å². The molecule has 2 rings (SSSR count). The molecule has 3 nitrogen and oxygen atoms in total. The third-order valence-electron chi connectivity index (χ3n) is 4.64. The van der Waals surface area contributed by atoms with Crippen LogP contribution in [0.15, 0.2) is 30.3 Å². The highest BCUT2D eigenvalue weighted by atomic mass is 16.2. The minimum absolute atomic E-state index is 0.119. The second-order valence-corrected chi connectivity index (χ2v) is 6.08. The van der Waals surface area contributed by atoms with Gasteiger partial charge in [-0.3, -0.25) is 9.69 Å². The van der Waals surface area contributed by atoms with Crippen LogP contribution in [0.2, 0.25) is 0 Å². The Balaban J connectivity index is 1.91. The number of hydrogen-bond acceptors (Lipinski definition) is 2. The average Bonchev–Trinajstić information content (AvgIpc) is 3.30. The van der Waals surface area contributed by atoms with Crippen molar-refractivity contribution in [3.8, 4) is 0 Å². The fourth-order valence-electron chi connectivity index (χ4n) is 2.58. The van der Waals surface area contributed by atoms with Gasteiger partial charge in [-0.05, 0) is 45.2 Å². The predicted molar refractivity (Wildman–Crippen MR) is 82.4 cm³/mol. The third kappa shape index (κ3) is 3.60. The first kappa shape index (κ1) is 15.0. The van der Waals surface area contributed by atoms with Crippen molar-refractivity contribution in [2.45, 2.75) is 38.8 Å². The molecule has 1 aliphatic rings. The smallest absolute Gasteiger partial charge is 0.236 e. The van der Waals surface area contributed by atoms with Crippen molar-refractivity contribution in [1.29, 1.82) is 0 Å². The number of benzene rings is 1. The molecule has 0 spiro atoms. The van der Waals surface area contributed by atoms with Crippen LogP contribution < -0.4 is 0 Å². The molecule has 0 heterocycles. The maximum absolute atomic E-state index is 12.4. The van der Waals surface area contributed by atoms with E-state index < -0.39 is 0 Å². The first-order valence-electron chi connectivity index (χ1n) is 7.51. The fourth-order valence-corrected chi connectivity index (χ4v) is 2.58. The summed E-state index contributed by atoms with van der Waals surface area (Å²) in [6.45, 7) is 4.81. The summed E-state index contributed by atoms with van der Waals surface area (Å²) in [6.07, 6.45) is 2.63. The molecule has 1 fully saturated rings. The molecule has 0 saturated heterocycles. The van der Waals surface area contributed by atoms with Crippen LogP contribution in [0.3, 0.4) is 0 Å². The van der Waals surface area contributed by atoms with E-state index in [1.54, 1.807) is 0 Å². The molecule has 20 heavy (non-hydrogen) atoms. The van der Waals surface area contributed by atoms with Gasteiger partial charge in [-0.1, -0.05) is 30.3 Å². The van der Waals surface area contributed by atoms with Gasteiger partial charge in [-0.25, -0.2) is 0 Å². The van der Waals surface area contributed by atoms with Crippen LogP contribution in [-0.4, -0.2) is 42.4 Å². The second-order valence-electron chi connectivity index (χ2n) is 6.08. The highest BCUT2D eigenvalue weighted by Gasteiger charge is 2.31. The molecule has 3 heteroatoms. The molecule has 0 N–H and O–H groups in total. The van der Waals surface area contributed by atoms with Crippen LogP contribution >= 0.6 is 0 Å². The molecule has 2 unspecified atom stereocenters. The van der Waals surface area contributed by atoms with E-state index in [0.717, 1.165) is 5.92 Å². The van der Waals surface area contributed by atoms with Crippen LogP contribution in [0.1, 0.15) is 38.3 Å². The molecule has 0 aliphatic heterocycles. The molecule has 1 aromatic rings. The molecular formula is C17H26N2O. The van der Waals surface area contributed by atoms with Crippen molar-refractivity contribution >= 4 is 5.91 Å². The number of hydrogen-bond donors (Lipinski definition) is 0. The highest BCUT2D eigenvalue weighted by Crippen LogP contribution is 2.34. The topological polar surface area (TPSA) is 23.6 Å². The zero-order valence-electron chi connectivity index (χ0n) is 13.0. The van der Waals surface area contributed by atoms with Gasteiger partial charge in [-0.2, -0.15) is 0 Å². The summed E-state index contributed by atoms with van der Waals surface area (Å²) in [5.41, 5.74) is 1.18. The lowest BCUT2D eigenvalue weighted by atomic mass is 10.1. The van der Waals surface area contributed by atoms with E-state index in [2.05, 4.69) is 37.9 Å². The lowest BCUT2D eigenvalue weighted by molar-refractivity contribution is -0.133. The lowest BCUT2D eigenvalue weighted by Gasteiger charge is -2.30. The average molecular weight is 274 g/mol. The molecule has 0 bridgehead atoms. The van der Waals surface area contributed by atoms with Gasteiger partial charge in [0, 0.05) is 13.1 Å². The number of carbonyl (C=O) groups is 1. The molecule has 1 saturated carbocycles. The van der Waals surface area contributed by atoms with Crippen LogP contribution in [0.25, 0.3) is 0 Å². The molecule has 2 atom stereocenters. The Hall–Kier alpha value is -1.35. The van der Waals surface area contributed by atoms with Crippen LogP contribution in [0.4, 0.5) is 0 Å². The van der Waals surface area contributed by atoms with E-state index >= 15 is 0 Å². The summed E-state index contributed by atoms with van der Waals surface area (Å²) in [6, 6.07) is 10.8. The number of rotatable bonds is 6. The van der Waals surface area contributed by atoms with Crippen molar-refractivity contribution in [3.05, 3.63) is 35.9 Å². The number of carbonyl (C=O) groups excluding carboxylic acids is 1. The van der Waals surface area contributed by atoms with Crippen LogP contribution in [0.5, 0.6) is 0 Å². The predicted octanol–water partition coefficient (Wildman–Crippen LogP) is 2.94. The lowest BCUT2D eigenvalue weighted by Crippen LogP contribution is -2.41. The van der Waals surface area contributed by atoms with Gasteiger partial charge < -0.3 is 4.90 Å². The Morgan fingerprint density at radius 2 is 1.80 bits per heavy atom. The fraction of sp³-hybridized carbons (Fsp3) is 0.588. The highest BCUT2D eigenvalue weighted by molar-refractivity contribution is 5.78. The van der Waals surface area contributed by atoms with Gasteiger partial charge in [0.25, 0.3) is 0 Å². The molecule has 0 aromatic heterocycles. The molecule has 1 amide bonds. The zero-order chi connectivity index (χ0) is 14.7. The Bertz CT molecular complexity index is 442. The molecule has 110 valence electrons. The number of likely N-dealkylation sites (N-methyl/N-ethyl adjacent to an activating group) is 2. The molecule has 1 aliphatic carbocycles. The quantitative estimate of drug-likeness (QED) is 0.796. The third-order valence-corrected chi connectivity index (χ3v) is 4.64. The summed E-state index contributed by atoms with van der Waals surface area (Å²) in [5, 5.41) is 0. The van der Waals surface area contributed by atoms with Gasteiger partial charge in [0.05, 0.1) is 12.6 Å². The summed E-state index contributed by atoms with van der Waals surface area (Å²) in [5.74, 6) is 0.987. The van der Waals surface area contributed by atoms with Gasteiger partial charge >= 0.3 is 0 Å². The zero-order valence-corrected chi connectivity index (χ0v) is 13.0.